The van der Waals surface area contributed by atoms with E-state index < -0.39 is 33.5 Å². The zero-order chi connectivity index (χ0) is 15.0. The van der Waals surface area contributed by atoms with E-state index >= 15 is 0 Å². The number of rotatable bonds is 3. The third-order valence-corrected chi connectivity index (χ3v) is 2.84. The second-order valence-electron chi connectivity index (χ2n) is 3.99. The summed E-state index contributed by atoms with van der Waals surface area (Å²) in [5, 5.41) is 21.0. The number of furan rings is 1. The molecule has 20 heavy (non-hydrogen) atoms. The highest BCUT2D eigenvalue weighted by Gasteiger charge is 2.59. The van der Waals surface area contributed by atoms with E-state index in [1.54, 1.807) is 0 Å². The van der Waals surface area contributed by atoms with Crippen LogP contribution in [0, 0.1) is 10.1 Å². The zero-order valence-corrected chi connectivity index (χ0v) is 9.79. The molecule has 8 heteroatoms. The van der Waals surface area contributed by atoms with Gasteiger partial charge in [0.1, 0.15) is 0 Å². The minimum atomic E-state index is -5.15. The van der Waals surface area contributed by atoms with Crippen molar-refractivity contribution in [1.29, 1.82) is 0 Å². The van der Waals surface area contributed by atoms with Gasteiger partial charge in [0.2, 0.25) is 5.60 Å². The summed E-state index contributed by atoms with van der Waals surface area (Å²) in [4.78, 5) is 9.89. The lowest BCUT2D eigenvalue weighted by atomic mass is 9.86. The molecule has 1 aromatic carbocycles. The van der Waals surface area contributed by atoms with Gasteiger partial charge in [-0.1, -0.05) is 12.1 Å². The van der Waals surface area contributed by atoms with Gasteiger partial charge in [0.15, 0.2) is 0 Å². The fourth-order valence-corrected chi connectivity index (χ4v) is 1.88. The van der Waals surface area contributed by atoms with Gasteiger partial charge in [0, 0.05) is 11.6 Å². The van der Waals surface area contributed by atoms with Gasteiger partial charge in [-0.2, -0.15) is 13.2 Å². The maximum atomic E-state index is 13.3. The Morgan fingerprint density at radius 2 is 1.85 bits per heavy atom. The van der Waals surface area contributed by atoms with Crippen molar-refractivity contribution >= 4 is 5.69 Å². The van der Waals surface area contributed by atoms with Crippen LogP contribution in [-0.2, 0) is 5.60 Å². The van der Waals surface area contributed by atoms with Crippen molar-refractivity contribution in [2.24, 2.45) is 0 Å². The predicted molar refractivity (Wildman–Crippen MR) is 60.9 cm³/mol. The molecule has 2 aromatic rings. The molecule has 0 bridgehead atoms. The average Bonchev–Trinajstić information content (AvgIpc) is 2.90. The van der Waals surface area contributed by atoms with Crippen LogP contribution >= 0.6 is 0 Å². The Balaban J connectivity index is 2.75. The van der Waals surface area contributed by atoms with Gasteiger partial charge in [-0.15, -0.1) is 0 Å². The van der Waals surface area contributed by atoms with Crippen LogP contribution in [0.5, 0.6) is 0 Å². The quantitative estimate of drug-likeness (QED) is 0.695. The van der Waals surface area contributed by atoms with Gasteiger partial charge in [0.25, 0.3) is 5.69 Å². The van der Waals surface area contributed by atoms with Gasteiger partial charge < -0.3 is 9.52 Å². The molecule has 0 amide bonds. The topological polar surface area (TPSA) is 76.5 Å². The number of aliphatic hydroxyl groups is 1. The first-order valence-corrected chi connectivity index (χ1v) is 5.34. The second-order valence-corrected chi connectivity index (χ2v) is 3.99. The lowest BCUT2D eigenvalue weighted by molar-refractivity contribution is -0.388. The fourth-order valence-electron chi connectivity index (χ4n) is 1.88. The summed E-state index contributed by atoms with van der Waals surface area (Å²) >= 11 is 0. The summed E-state index contributed by atoms with van der Waals surface area (Å²) in [6.07, 6.45) is -3.51. The van der Waals surface area contributed by atoms with E-state index in [1.165, 1.54) is 12.1 Å². The Labute approximate surface area is 110 Å². The molecular formula is C12H8F3NO4. The van der Waals surface area contributed by atoms with Gasteiger partial charge in [-0.05, 0) is 12.1 Å². The lowest BCUT2D eigenvalue weighted by Gasteiger charge is -2.29. The smallest absolute Gasteiger partial charge is 0.426 e. The number of halogens is 3. The summed E-state index contributed by atoms with van der Waals surface area (Å²) < 4.78 is 44.4. The SMILES string of the molecule is O=[N+]([O-])c1ccccc1C(O)(c1ccoc1)C(F)(F)F. The Morgan fingerprint density at radius 1 is 1.20 bits per heavy atom. The average molecular weight is 287 g/mol. The highest BCUT2D eigenvalue weighted by molar-refractivity contribution is 5.49. The maximum absolute atomic E-state index is 13.3. The van der Waals surface area contributed by atoms with Crippen molar-refractivity contribution in [3.8, 4) is 0 Å². The van der Waals surface area contributed by atoms with E-state index in [4.69, 9.17) is 0 Å². The van der Waals surface area contributed by atoms with E-state index in [-0.39, 0.29) is 0 Å². The summed E-state index contributed by atoms with van der Waals surface area (Å²) in [6.45, 7) is 0. The Kier molecular flexibility index (Phi) is 3.26. The molecule has 0 radical (unpaired) electrons. The number of nitrogens with zero attached hydrogens (tertiary/aromatic N) is 1. The normalized spacial score (nSPS) is 14.8. The molecule has 1 heterocycles. The molecule has 0 fully saturated rings. The first-order valence-electron chi connectivity index (χ1n) is 5.34. The first-order chi connectivity index (χ1) is 9.28. The molecule has 0 spiro atoms. The van der Waals surface area contributed by atoms with Crippen LogP contribution in [0.25, 0.3) is 0 Å². The number of nitro groups is 1. The van der Waals surface area contributed by atoms with Crippen molar-refractivity contribution in [2.45, 2.75) is 11.8 Å². The van der Waals surface area contributed by atoms with Crippen molar-refractivity contribution in [1.82, 2.24) is 0 Å². The van der Waals surface area contributed by atoms with Gasteiger partial charge in [0.05, 0.1) is 23.0 Å². The van der Waals surface area contributed by atoms with E-state index in [2.05, 4.69) is 4.42 Å². The molecule has 0 aliphatic carbocycles. The van der Waals surface area contributed by atoms with Crippen molar-refractivity contribution in [2.75, 3.05) is 0 Å². The zero-order valence-electron chi connectivity index (χ0n) is 9.79. The van der Waals surface area contributed by atoms with Crippen LogP contribution in [0.15, 0.2) is 47.3 Å². The molecule has 0 saturated carbocycles. The predicted octanol–water partition coefficient (Wildman–Crippen LogP) is 2.99. The maximum Gasteiger partial charge on any atom is 0.426 e. The number of nitro benzene ring substituents is 1. The van der Waals surface area contributed by atoms with E-state index in [1.807, 2.05) is 0 Å². The highest BCUT2D eigenvalue weighted by Crippen LogP contribution is 2.47. The molecule has 5 nitrogen and oxygen atoms in total. The lowest BCUT2D eigenvalue weighted by Crippen LogP contribution is -2.43. The van der Waals surface area contributed by atoms with Crippen LogP contribution in [0.3, 0.4) is 0 Å². The summed E-state index contributed by atoms with van der Waals surface area (Å²) in [7, 11) is 0. The molecule has 1 atom stereocenters. The Morgan fingerprint density at radius 3 is 2.35 bits per heavy atom. The van der Waals surface area contributed by atoms with Gasteiger partial charge in [-0.25, -0.2) is 0 Å². The van der Waals surface area contributed by atoms with Crippen LogP contribution < -0.4 is 0 Å². The standard InChI is InChI=1S/C12H8F3NO4/c13-12(14,15)11(17,8-5-6-20-7-8)9-3-1-2-4-10(9)16(18)19/h1-7,17H. The molecule has 1 N–H and O–H groups in total. The van der Waals surface area contributed by atoms with Crippen molar-refractivity contribution < 1.29 is 27.6 Å². The Bertz CT molecular complexity index is 624. The second kappa shape index (κ2) is 4.64. The molecular weight excluding hydrogens is 279 g/mol. The number of alkyl halides is 3. The molecule has 0 saturated heterocycles. The highest BCUT2D eigenvalue weighted by atomic mass is 19.4. The fraction of sp³-hybridized carbons (Fsp3) is 0.167. The molecule has 0 aliphatic rings. The summed E-state index contributed by atoms with van der Waals surface area (Å²) in [5.74, 6) is 0. The van der Waals surface area contributed by atoms with Gasteiger partial charge in [-0.3, -0.25) is 10.1 Å². The molecule has 2 rings (SSSR count). The third kappa shape index (κ3) is 2.03. The molecule has 1 unspecified atom stereocenters. The van der Waals surface area contributed by atoms with Crippen LogP contribution in [0.2, 0.25) is 0 Å². The van der Waals surface area contributed by atoms with Crippen LogP contribution in [0.4, 0.5) is 18.9 Å². The number of hydrogen-bond donors (Lipinski definition) is 1. The van der Waals surface area contributed by atoms with E-state index in [9.17, 15) is 28.4 Å². The van der Waals surface area contributed by atoms with E-state index in [0.717, 1.165) is 24.5 Å². The molecule has 1 aromatic heterocycles. The largest absolute Gasteiger partial charge is 0.472 e. The summed E-state index contributed by atoms with van der Waals surface area (Å²) in [6, 6.07) is 5.06. The number of benzene rings is 1. The van der Waals surface area contributed by atoms with E-state index in [0.29, 0.717) is 6.26 Å². The molecule has 0 aliphatic heterocycles. The Hall–Kier alpha value is -2.35. The molecule has 106 valence electrons. The van der Waals surface area contributed by atoms with Crippen molar-refractivity contribution in [3.05, 3.63) is 64.1 Å². The van der Waals surface area contributed by atoms with Crippen molar-refractivity contribution in [3.63, 3.8) is 0 Å². The third-order valence-electron chi connectivity index (χ3n) is 2.84. The summed E-state index contributed by atoms with van der Waals surface area (Å²) in [5.41, 5.74) is -5.82. The first kappa shape index (κ1) is 14.1. The minimum absolute atomic E-state index is 0.626. The van der Waals surface area contributed by atoms with Crippen LogP contribution in [0.1, 0.15) is 11.1 Å². The van der Waals surface area contributed by atoms with Gasteiger partial charge >= 0.3 is 6.18 Å². The monoisotopic (exact) mass is 287 g/mol. The van der Waals surface area contributed by atoms with Crippen LogP contribution in [-0.4, -0.2) is 16.2 Å². The number of para-hydroxylation sites is 1. The number of hydrogen-bond acceptors (Lipinski definition) is 4. The minimum Gasteiger partial charge on any atom is -0.472 e.